The molecule has 1 atom stereocenters. The summed E-state index contributed by atoms with van der Waals surface area (Å²) in [4.78, 5) is 0. The van der Waals surface area contributed by atoms with Crippen molar-refractivity contribution in [1.29, 1.82) is 0 Å². The molecule has 0 saturated carbocycles. The Labute approximate surface area is 92.0 Å². The molecule has 0 aliphatic rings. The third kappa shape index (κ3) is 2.53. The zero-order chi connectivity index (χ0) is 10.2. The Morgan fingerprint density at radius 1 is 1.46 bits per heavy atom. The molecule has 0 fully saturated rings. The first-order valence-electron chi connectivity index (χ1n) is 3.70. The van der Waals surface area contributed by atoms with Gasteiger partial charge in [-0.25, -0.2) is 0 Å². The van der Waals surface area contributed by atoms with Crippen molar-refractivity contribution in [3.8, 4) is 0 Å². The highest BCUT2D eigenvalue weighted by molar-refractivity contribution is 6.67. The Kier molecular flexibility index (Phi) is 3.18. The van der Waals surface area contributed by atoms with Gasteiger partial charge in [-0.1, -0.05) is 34.8 Å². The fourth-order valence-electron chi connectivity index (χ4n) is 1.19. The third-order valence-electron chi connectivity index (χ3n) is 1.77. The number of alkyl halides is 3. The van der Waals surface area contributed by atoms with E-state index < -0.39 is 9.90 Å². The maximum atomic E-state index is 9.63. The van der Waals surface area contributed by atoms with Crippen LogP contribution in [0.4, 0.5) is 0 Å². The van der Waals surface area contributed by atoms with E-state index in [9.17, 15) is 5.11 Å². The first-order chi connectivity index (χ1) is 5.82. The van der Waals surface area contributed by atoms with E-state index in [0.29, 0.717) is 5.69 Å². The fraction of sp³-hybridized carbons (Fsp3) is 0.500. The Morgan fingerprint density at radius 2 is 2.00 bits per heavy atom. The van der Waals surface area contributed by atoms with Crippen molar-refractivity contribution < 1.29 is 5.11 Å². The summed E-state index contributed by atoms with van der Waals surface area (Å²) in [6.45, 7) is 1.91. The molecule has 1 unspecified atom stereocenters. The normalized spacial score (nSPS) is 14.6. The van der Waals surface area contributed by atoms with E-state index in [-0.39, 0.29) is 0 Å². The average molecular weight is 243 g/mol. The number of aromatic nitrogens is 1. The summed E-state index contributed by atoms with van der Waals surface area (Å²) in [5, 5.41) is 9.63. The lowest BCUT2D eigenvalue weighted by atomic mass is 10.2. The molecule has 0 aliphatic heterocycles. The van der Waals surface area contributed by atoms with Crippen LogP contribution < -0.4 is 0 Å². The molecule has 0 bridgehead atoms. The van der Waals surface area contributed by atoms with E-state index in [1.54, 1.807) is 17.7 Å². The molecule has 74 valence electrons. The first-order valence-corrected chi connectivity index (χ1v) is 4.83. The van der Waals surface area contributed by atoms with Gasteiger partial charge < -0.3 is 9.67 Å². The van der Waals surface area contributed by atoms with Crippen molar-refractivity contribution in [3.63, 3.8) is 0 Å². The van der Waals surface area contributed by atoms with Gasteiger partial charge in [-0.05, 0) is 18.6 Å². The van der Waals surface area contributed by atoms with Gasteiger partial charge in [0.2, 0.25) is 3.79 Å². The largest absolute Gasteiger partial charge is 0.382 e. The number of rotatable bonds is 1. The predicted molar refractivity (Wildman–Crippen MR) is 55.4 cm³/mol. The Bertz CT molecular complexity index is 303. The summed E-state index contributed by atoms with van der Waals surface area (Å²) in [6.07, 6.45) is 0.755. The van der Waals surface area contributed by atoms with Gasteiger partial charge >= 0.3 is 0 Å². The molecule has 1 N–H and O–H groups in total. The SMILES string of the molecule is Cc1cc(C(O)C(Cl)(Cl)Cl)n(C)c1. The van der Waals surface area contributed by atoms with Crippen LogP contribution in [0.5, 0.6) is 0 Å². The molecule has 0 aliphatic carbocycles. The number of hydrogen-bond acceptors (Lipinski definition) is 1. The molecule has 5 heteroatoms. The molecule has 13 heavy (non-hydrogen) atoms. The van der Waals surface area contributed by atoms with Crippen molar-refractivity contribution >= 4 is 34.8 Å². The molecule has 0 spiro atoms. The average Bonchev–Trinajstić information content (AvgIpc) is 2.26. The standard InChI is InChI=1S/C8H10Cl3NO/c1-5-3-6(12(2)4-5)7(13)8(9,10)11/h3-4,7,13H,1-2H3. The van der Waals surface area contributed by atoms with Crippen LogP contribution in [0.25, 0.3) is 0 Å². The Hall–Kier alpha value is 0.110. The van der Waals surface area contributed by atoms with Gasteiger partial charge in [0.15, 0.2) is 0 Å². The van der Waals surface area contributed by atoms with Gasteiger partial charge in [0.25, 0.3) is 0 Å². The summed E-state index contributed by atoms with van der Waals surface area (Å²) in [5.41, 5.74) is 1.61. The molecule has 0 radical (unpaired) electrons. The van der Waals surface area contributed by atoms with E-state index in [1.165, 1.54) is 0 Å². The number of hydrogen-bond donors (Lipinski definition) is 1. The maximum Gasteiger partial charge on any atom is 0.221 e. The molecular weight excluding hydrogens is 232 g/mol. The Balaban J connectivity index is 3.01. The second kappa shape index (κ2) is 3.70. The minimum atomic E-state index is -1.68. The Morgan fingerprint density at radius 3 is 2.31 bits per heavy atom. The molecule has 0 aromatic carbocycles. The summed E-state index contributed by atoms with van der Waals surface area (Å²) < 4.78 is 0.0560. The van der Waals surface area contributed by atoms with E-state index in [1.807, 2.05) is 13.1 Å². The van der Waals surface area contributed by atoms with E-state index in [2.05, 4.69) is 0 Å². The number of nitrogens with zero attached hydrogens (tertiary/aromatic N) is 1. The van der Waals surface area contributed by atoms with Crippen LogP contribution in [0.2, 0.25) is 0 Å². The van der Waals surface area contributed by atoms with Gasteiger partial charge in [-0.15, -0.1) is 0 Å². The summed E-state index contributed by atoms with van der Waals surface area (Å²) >= 11 is 16.7. The van der Waals surface area contributed by atoms with Gasteiger partial charge in [0.1, 0.15) is 6.10 Å². The number of halogens is 3. The number of aliphatic hydroxyl groups is 1. The van der Waals surface area contributed by atoms with E-state index in [4.69, 9.17) is 34.8 Å². The van der Waals surface area contributed by atoms with Gasteiger partial charge in [-0.2, -0.15) is 0 Å². The van der Waals surface area contributed by atoms with Crippen LogP contribution in [-0.2, 0) is 7.05 Å². The third-order valence-corrected chi connectivity index (χ3v) is 2.39. The molecule has 2 nitrogen and oxygen atoms in total. The van der Waals surface area contributed by atoms with E-state index in [0.717, 1.165) is 5.56 Å². The van der Waals surface area contributed by atoms with Crippen LogP contribution >= 0.6 is 34.8 Å². The van der Waals surface area contributed by atoms with Crippen LogP contribution in [0.3, 0.4) is 0 Å². The molecule has 1 aromatic rings. The van der Waals surface area contributed by atoms with Gasteiger partial charge in [0.05, 0.1) is 5.69 Å². The second-order valence-corrected chi connectivity index (χ2v) is 5.37. The molecule has 1 aromatic heterocycles. The molecule has 1 heterocycles. The monoisotopic (exact) mass is 241 g/mol. The van der Waals surface area contributed by atoms with Crippen molar-refractivity contribution in [1.82, 2.24) is 4.57 Å². The topological polar surface area (TPSA) is 25.2 Å². The quantitative estimate of drug-likeness (QED) is 0.753. The number of aliphatic hydroxyl groups excluding tert-OH is 1. The minimum absolute atomic E-state index is 0.595. The predicted octanol–water partition coefficient (Wildman–Crippen LogP) is 2.74. The smallest absolute Gasteiger partial charge is 0.221 e. The van der Waals surface area contributed by atoms with Crippen molar-refractivity contribution in [2.75, 3.05) is 0 Å². The molecule has 1 rings (SSSR count). The fourth-order valence-corrected chi connectivity index (χ4v) is 1.53. The van der Waals surface area contributed by atoms with Crippen molar-refractivity contribution in [2.45, 2.75) is 16.8 Å². The van der Waals surface area contributed by atoms with Crippen LogP contribution in [0, 0.1) is 6.92 Å². The second-order valence-electron chi connectivity index (χ2n) is 3.00. The zero-order valence-corrected chi connectivity index (χ0v) is 9.53. The minimum Gasteiger partial charge on any atom is -0.382 e. The lowest BCUT2D eigenvalue weighted by molar-refractivity contribution is 0.174. The highest BCUT2D eigenvalue weighted by Gasteiger charge is 2.33. The summed E-state index contributed by atoms with van der Waals surface area (Å²) in [5.74, 6) is 0. The highest BCUT2D eigenvalue weighted by Crippen LogP contribution is 2.39. The summed E-state index contributed by atoms with van der Waals surface area (Å²) in [7, 11) is 1.79. The van der Waals surface area contributed by atoms with Gasteiger partial charge in [0, 0.05) is 13.2 Å². The molecule has 0 saturated heterocycles. The molecule has 0 amide bonds. The van der Waals surface area contributed by atoms with Gasteiger partial charge in [-0.3, -0.25) is 0 Å². The van der Waals surface area contributed by atoms with Crippen LogP contribution in [0.1, 0.15) is 17.4 Å². The van der Waals surface area contributed by atoms with E-state index >= 15 is 0 Å². The highest BCUT2D eigenvalue weighted by atomic mass is 35.6. The lowest BCUT2D eigenvalue weighted by Crippen LogP contribution is -2.18. The molecular formula is C8H10Cl3NO. The zero-order valence-electron chi connectivity index (χ0n) is 7.26. The van der Waals surface area contributed by atoms with Crippen LogP contribution in [-0.4, -0.2) is 13.5 Å². The van der Waals surface area contributed by atoms with Crippen molar-refractivity contribution in [2.24, 2.45) is 7.05 Å². The number of aryl methyl sites for hydroxylation is 2. The van der Waals surface area contributed by atoms with Crippen LogP contribution in [0.15, 0.2) is 12.3 Å². The first kappa shape index (κ1) is 11.2. The summed E-state index contributed by atoms with van der Waals surface area (Å²) in [6, 6.07) is 1.78. The lowest BCUT2D eigenvalue weighted by Gasteiger charge is -2.19. The maximum absolute atomic E-state index is 9.63. The van der Waals surface area contributed by atoms with Crippen molar-refractivity contribution in [3.05, 3.63) is 23.5 Å².